The minimum atomic E-state index is -1.53. The number of aromatic nitrogens is 7. The van der Waals surface area contributed by atoms with Crippen LogP contribution < -0.4 is 10.6 Å². The Morgan fingerprint density at radius 1 is 1.35 bits per heavy atom. The van der Waals surface area contributed by atoms with Crippen molar-refractivity contribution in [1.82, 2.24) is 39.7 Å². The Morgan fingerprint density at radius 2 is 2.16 bits per heavy atom. The smallest absolute Gasteiger partial charge is 0.408 e. The van der Waals surface area contributed by atoms with Gasteiger partial charge in [-0.25, -0.2) is 19.2 Å². The number of nitrogens with zero attached hydrogens (tertiary/aromatic N) is 6. The average molecular weight is 510 g/mol. The predicted octanol–water partition coefficient (Wildman–Crippen LogP) is 3.27. The number of halogens is 1. The number of carbonyl (C=O) groups excluding carboxylic acids is 1. The summed E-state index contributed by atoms with van der Waals surface area (Å²) in [4.78, 5) is 21.4. The van der Waals surface area contributed by atoms with E-state index in [-0.39, 0.29) is 12.1 Å². The van der Waals surface area contributed by atoms with Crippen LogP contribution >= 0.6 is 0 Å². The standard InChI is InChI=1S/C24H28FN9O3/c1-12-18(14-10-27-33(4)13(14)2)21-26-7-8-34(21)22(28-12)29-17-9-15(31-32-17)20-19(25)16(11-36-20)37-23(35)30-24(3)5-6-24/h7-10,16,19-20H,5-6,11H2,1-4H3,(H,30,35)(H2,28,29,31,32)/t16-,19-,20-/m0/s1. The molecular formula is C24H28FN9O3. The second-order valence-electron chi connectivity index (χ2n) is 9.95. The van der Waals surface area contributed by atoms with E-state index in [0.29, 0.717) is 17.5 Å². The van der Waals surface area contributed by atoms with Crippen LogP contribution in [0, 0.1) is 13.8 Å². The topological polar surface area (TPSA) is 136 Å². The third-order valence-electron chi connectivity index (χ3n) is 7.12. The van der Waals surface area contributed by atoms with E-state index in [4.69, 9.17) is 14.5 Å². The fourth-order valence-electron chi connectivity index (χ4n) is 4.56. The molecule has 6 rings (SSSR count). The van der Waals surface area contributed by atoms with Crippen LogP contribution in [0.3, 0.4) is 0 Å². The third kappa shape index (κ3) is 4.18. The SMILES string of the molecule is Cc1nc(Nc2cc([C@@H]3OC[C@H](OC(=O)NC4(C)CC4)[C@@H]3F)[nH]n2)n2ccnc2c1-c1cnn(C)c1C. The van der Waals surface area contributed by atoms with E-state index in [1.165, 1.54) is 0 Å². The van der Waals surface area contributed by atoms with Gasteiger partial charge in [0.2, 0.25) is 5.95 Å². The highest BCUT2D eigenvalue weighted by Gasteiger charge is 2.44. The first-order chi connectivity index (χ1) is 17.7. The molecule has 1 saturated carbocycles. The molecule has 0 radical (unpaired) electrons. The van der Waals surface area contributed by atoms with Crippen molar-refractivity contribution in [3.8, 4) is 11.1 Å². The first-order valence-corrected chi connectivity index (χ1v) is 12.1. The number of imidazole rings is 1. The Balaban J connectivity index is 1.19. The first-order valence-electron chi connectivity index (χ1n) is 12.1. The van der Waals surface area contributed by atoms with Crippen molar-refractivity contribution in [2.75, 3.05) is 11.9 Å². The second-order valence-corrected chi connectivity index (χ2v) is 9.95. The quantitative estimate of drug-likeness (QED) is 0.360. The van der Waals surface area contributed by atoms with Gasteiger partial charge in [-0.2, -0.15) is 10.2 Å². The van der Waals surface area contributed by atoms with Crippen LogP contribution in [-0.4, -0.2) is 64.9 Å². The summed E-state index contributed by atoms with van der Waals surface area (Å²) >= 11 is 0. The molecule has 2 aliphatic rings. The summed E-state index contributed by atoms with van der Waals surface area (Å²) in [5.74, 6) is 0.936. The Kier molecular flexibility index (Phi) is 5.40. The molecule has 0 unspecified atom stereocenters. The number of rotatable bonds is 6. The fourth-order valence-corrected chi connectivity index (χ4v) is 4.56. The van der Waals surface area contributed by atoms with Crippen LogP contribution in [0.25, 0.3) is 16.8 Å². The lowest BCUT2D eigenvalue weighted by atomic mass is 10.1. The lowest BCUT2D eigenvalue weighted by molar-refractivity contribution is 0.0604. The number of hydrogen-bond acceptors (Lipinski definition) is 8. The number of carbonyl (C=O) groups is 1. The van der Waals surface area contributed by atoms with E-state index in [1.807, 2.05) is 43.1 Å². The molecule has 5 heterocycles. The molecule has 1 aliphatic heterocycles. The van der Waals surface area contributed by atoms with Crippen LogP contribution in [0.2, 0.25) is 0 Å². The van der Waals surface area contributed by atoms with Crippen molar-refractivity contribution in [2.24, 2.45) is 7.05 Å². The Morgan fingerprint density at radius 3 is 2.89 bits per heavy atom. The van der Waals surface area contributed by atoms with E-state index >= 15 is 4.39 Å². The van der Waals surface area contributed by atoms with E-state index < -0.39 is 24.5 Å². The highest BCUT2D eigenvalue weighted by atomic mass is 19.1. The zero-order valence-corrected chi connectivity index (χ0v) is 20.9. The summed E-state index contributed by atoms with van der Waals surface area (Å²) in [5.41, 5.74) is 4.55. The molecule has 0 bridgehead atoms. The normalized spacial score (nSPS) is 22.4. The first kappa shape index (κ1) is 23.4. The summed E-state index contributed by atoms with van der Waals surface area (Å²) < 4.78 is 29.6. The van der Waals surface area contributed by atoms with Crippen molar-refractivity contribution < 1.29 is 18.7 Å². The Labute approximate surface area is 211 Å². The Bertz CT molecular complexity index is 1490. The Hall–Kier alpha value is -4.00. The van der Waals surface area contributed by atoms with E-state index in [2.05, 4.69) is 30.9 Å². The minimum Gasteiger partial charge on any atom is -0.441 e. The van der Waals surface area contributed by atoms with Gasteiger partial charge in [-0.15, -0.1) is 0 Å². The maximum atomic E-state index is 15.1. The molecular weight excluding hydrogens is 481 g/mol. The van der Waals surface area contributed by atoms with Gasteiger partial charge >= 0.3 is 6.09 Å². The van der Waals surface area contributed by atoms with Gasteiger partial charge in [-0.3, -0.25) is 14.2 Å². The van der Waals surface area contributed by atoms with Gasteiger partial charge in [-0.1, -0.05) is 0 Å². The predicted molar refractivity (Wildman–Crippen MR) is 131 cm³/mol. The molecule has 1 amide bonds. The number of amides is 1. The van der Waals surface area contributed by atoms with Crippen LogP contribution in [-0.2, 0) is 16.5 Å². The summed E-state index contributed by atoms with van der Waals surface area (Å²) in [6.45, 7) is 5.80. The number of alkyl carbamates (subject to hydrolysis) is 1. The zero-order chi connectivity index (χ0) is 25.9. The summed E-state index contributed by atoms with van der Waals surface area (Å²) in [5, 5.41) is 17.4. The van der Waals surface area contributed by atoms with Crippen molar-refractivity contribution in [3.05, 3.63) is 41.7 Å². The van der Waals surface area contributed by atoms with Gasteiger partial charge < -0.3 is 20.1 Å². The maximum Gasteiger partial charge on any atom is 0.408 e. The number of hydrogen-bond donors (Lipinski definition) is 3. The number of anilines is 2. The molecule has 13 heteroatoms. The van der Waals surface area contributed by atoms with Crippen LogP contribution in [0.15, 0.2) is 24.7 Å². The summed E-state index contributed by atoms with van der Waals surface area (Å²) in [6.07, 6.45) is 3.01. The monoisotopic (exact) mass is 509 g/mol. The van der Waals surface area contributed by atoms with Crippen molar-refractivity contribution >= 4 is 23.5 Å². The number of H-pyrrole nitrogens is 1. The van der Waals surface area contributed by atoms with Gasteiger partial charge in [0, 0.05) is 47.9 Å². The molecule has 0 spiro atoms. The van der Waals surface area contributed by atoms with Gasteiger partial charge in [0.1, 0.15) is 11.8 Å². The van der Waals surface area contributed by atoms with E-state index in [1.54, 1.807) is 18.5 Å². The molecule has 194 valence electrons. The third-order valence-corrected chi connectivity index (χ3v) is 7.12. The van der Waals surface area contributed by atoms with Gasteiger partial charge in [-0.05, 0) is 33.6 Å². The number of aryl methyl sites for hydroxylation is 2. The zero-order valence-electron chi connectivity index (χ0n) is 20.9. The maximum absolute atomic E-state index is 15.1. The molecule has 4 aromatic rings. The van der Waals surface area contributed by atoms with Crippen LogP contribution in [0.1, 0.15) is 43.0 Å². The summed E-state index contributed by atoms with van der Waals surface area (Å²) in [7, 11) is 1.89. The number of fused-ring (bicyclic) bond motifs is 1. The molecule has 4 aromatic heterocycles. The van der Waals surface area contributed by atoms with Gasteiger partial charge in [0.05, 0.1) is 24.2 Å². The van der Waals surface area contributed by atoms with Gasteiger partial charge in [0.25, 0.3) is 0 Å². The van der Waals surface area contributed by atoms with Crippen molar-refractivity contribution in [1.29, 1.82) is 0 Å². The largest absolute Gasteiger partial charge is 0.441 e. The number of aromatic amines is 1. The van der Waals surface area contributed by atoms with E-state index in [9.17, 15) is 4.79 Å². The molecule has 1 aliphatic carbocycles. The van der Waals surface area contributed by atoms with Gasteiger partial charge in [0.15, 0.2) is 18.1 Å². The highest BCUT2D eigenvalue weighted by Crippen LogP contribution is 2.36. The number of alkyl halides is 1. The fraction of sp³-hybridized carbons (Fsp3) is 0.458. The molecule has 1 saturated heterocycles. The lowest BCUT2D eigenvalue weighted by Crippen LogP contribution is -2.39. The molecule has 3 atom stereocenters. The molecule has 37 heavy (non-hydrogen) atoms. The number of nitrogens with one attached hydrogen (secondary N) is 3. The highest BCUT2D eigenvalue weighted by molar-refractivity contribution is 5.82. The van der Waals surface area contributed by atoms with Crippen molar-refractivity contribution in [2.45, 2.75) is 57.5 Å². The average Bonchev–Trinajstić information content (AvgIpc) is 3.31. The lowest BCUT2D eigenvalue weighted by Gasteiger charge is -2.17. The second kappa shape index (κ2) is 8.54. The van der Waals surface area contributed by atoms with Crippen LogP contribution in [0.5, 0.6) is 0 Å². The summed E-state index contributed by atoms with van der Waals surface area (Å²) in [6, 6.07) is 1.66. The number of ether oxygens (including phenoxy) is 2. The van der Waals surface area contributed by atoms with Crippen LogP contribution in [0.4, 0.5) is 21.0 Å². The minimum absolute atomic E-state index is 0.0383. The molecule has 0 aromatic carbocycles. The van der Waals surface area contributed by atoms with E-state index in [0.717, 1.165) is 41.0 Å². The molecule has 12 nitrogen and oxygen atoms in total. The molecule has 3 N–H and O–H groups in total. The van der Waals surface area contributed by atoms with Crippen molar-refractivity contribution in [3.63, 3.8) is 0 Å². The molecule has 2 fully saturated rings.